The van der Waals surface area contributed by atoms with E-state index >= 15 is 0 Å². The second-order valence-electron chi connectivity index (χ2n) is 5.56. The highest BCUT2D eigenvalue weighted by atomic mass is 35.5. The first kappa shape index (κ1) is 18.0. The highest BCUT2D eigenvalue weighted by Gasteiger charge is 2.15. The van der Waals surface area contributed by atoms with Crippen molar-refractivity contribution < 1.29 is 9.59 Å². The van der Waals surface area contributed by atoms with E-state index < -0.39 is 0 Å². The lowest BCUT2D eigenvalue weighted by Gasteiger charge is -2.21. The zero-order chi connectivity index (χ0) is 17.5. The third-order valence-corrected chi connectivity index (χ3v) is 3.90. The highest BCUT2D eigenvalue weighted by molar-refractivity contribution is 6.30. The Labute approximate surface area is 147 Å². The summed E-state index contributed by atoms with van der Waals surface area (Å²) < 4.78 is 0. The molecule has 0 bridgehead atoms. The molecule has 0 unspecified atom stereocenters. The molecule has 24 heavy (non-hydrogen) atoms. The standard InChI is InChI=1S/C19H21ClN2O2/c1-3-22(17-6-4-5-14(2)11-17)19(24)13-21-18(23)12-15-7-9-16(20)10-8-15/h4-11H,3,12-13H2,1-2H3,(H,21,23). The van der Waals surface area contributed by atoms with Crippen molar-refractivity contribution in [2.24, 2.45) is 0 Å². The van der Waals surface area contributed by atoms with Gasteiger partial charge in [-0.3, -0.25) is 9.59 Å². The molecular formula is C19H21ClN2O2. The van der Waals surface area contributed by atoms with Crippen molar-refractivity contribution in [1.29, 1.82) is 0 Å². The van der Waals surface area contributed by atoms with E-state index in [1.165, 1.54) is 0 Å². The van der Waals surface area contributed by atoms with E-state index in [1.807, 2.05) is 38.1 Å². The van der Waals surface area contributed by atoms with Gasteiger partial charge in [0.2, 0.25) is 11.8 Å². The third kappa shape index (κ3) is 5.10. The van der Waals surface area contributed by atoms with E-state index in [1.54, 1.807) is 29.2 Å². The van der Waals surface area contributed by atoms with Gasteiger partial charge in [0.05, 0.1) is 13.0 Å². The van der Waals surface area contributed by atoms with Crippen LogP contribution in [0.25, 0.3) is 0 Å². The first-order valence-corrected chi connectivity index (χ1v) is 8.25. The molecule has 0 aliphatic rings. The number of benzene rings is 2. The minimum atomic E-state index is -0.189. The van der Waals surface area contributed by atoms with E-state index in [9.17, 15) is 9.59 Å². The van der Waals surface area contributed by atoms with Gasteiger partial charge in [-0.2, -0.15) is 0 Å². The van der Waals surface area contributed by atoms with E-state index in [4.69, 9.17) is 11.6 Å². The fourth-order valence-electron chi connectivity index (χ4n) is 2.42. The predicted molar refractivity (Wildman–Crippen MR) is 97.4 cm³/mol. The Hall–Kier alpha value is -2.33. The Morgan fingerprint density at radius 1 is 1.12 bits per heavy atom. The van der Waals surface area contributed by atoms with E-state index in [2.05, 4.69) is 5.32 Å². The summed E-state index contributed by atoms with van der Waals surface area (Å²) in [6, 6.07) is 14.8. The van der Waals surface area contributed by atoms with Crippen molar-refractivity contribution in [1.82, 2.24) is 5.32 Å². The largest absolute Gasteiger partial charge is 0.347 e. The van der Waals surface area contributed by atoms with Gasteiger partial charge in [-0.25, -0.2) is 0 Å². The van der Waals surface area contributed by atoms with Crippen LogP contribution in [-0.4, -0.2) is 24.9 Å². The maximum atomic E-state index is 12.4. The number of halogens is 1. The molecule has 126 valence electrons. The molecule has 1 N–H and O–H groups in total. The first-order valence-electron chi connectivity index (χ1n) is 7.87. The summed E-state index contributed by atoms with van der Waals surface area (Å²) in [4.78, 5) is 26.0. The van der Waals surface area contributed by atoms with Gasteiger partial charge in [0.1, 0.15) is 0 Å². The van der Waals surface area contributed by atoms with Crippen molar-refractivity contribution in [2.45, 2.75) is 20.3 Å². The average Bonchev–Trinajstić information content (AvgIpc) is 2.56. The van der Waals surface area contributed by atoms with Crippen molar-refractivity contribution in [2.75, 3.05) is 18.0 Å². The summed E-state index contributed by atoms with van der Waals surface area (Å²) >= 11 is 5.82. The number of nitrogens with one attached hydrogen (secondary N) is 1. The molecule has 0 heterocycles. The van der Waals surface area contributed by atoms with Gasteiger partial charge in [-0.1, -0.05) is 35.9 Å². The van der Waals surface area contributed by atoms with Crippen LogP contribution in [0, 0.1) is 6.92 Å². The Morgan fingerprint density at radius 2 is 1.83 bits per heavy atom. The van der Waals surface area contributed by atoms with Gasteiger partial charge in [-0.15, -0.1) is 0 Å². The first-order chi connectivity index (χ1) is 11.5. The van der Waals surface area contributed by atoms with Crippen LogP contribution in [-0.2, 0) is 16.0 Å². The van der Waals surface area contributed by atoms with E-state index in [0.717, 1.165) is 16.8 Å². The van der Waals surface area contributed by atoms with Gasteiger partial charge in [-0.05, 0) is 49.2 Å². The maximum absolute atomic E-state index is 12.4. The molecule has 0 atom stereocenters. The lowest BCUT2D eigenvalue weighted by Crippen LogP contribution is -2.40. The number of rotatable bonds is 6. The van der Waals surface area contributed by atoms with Crippen LogP contribution in [0.15, 0.2) is 48.5 Å². The topological polar surface area (TPSA) is 49.4 Å². The lowest BCUT2D eigenvalue weighted by molar-refractivity contribution is -0.124. The molecule has 0 radical (unpaired) electrons. The summed E-state index contributed by atoms with van der Waals surface area (Å²) in [5, 5.41) is 3.31. The quantitative estimate of drug-likeness (QED) is 0.873. The Kier molecular flexibility index (Phi) is 6.38. The summed E-state index contributed by atoms with van der Waals surface area (Å²) in [7, 11) is 0. The number of likely N-dealkylation sites (N-methyl/N-ethyl adjacent to an activating group) is 1. The van der Waals surface area contributed by atoms with E-state index in [0.29, 0.717) is 11.6 Å². The molecule has 2 amide bonds. The monoisotopic (exact) mass is 344 g/mol. The zero-order valence-corrected chi connectivity index (χ0v) is 14.6. The van der Waals surface area contributed by atoms with Crippen molar-refractivity contribution in [3.8, 4) is 0 Å². The molecule has 0 spiro atoms. The molecule has 0 aliphatic heterocycles. The molecule has 0 aliphatic carbocycles. The number of aryl methyl sites for hydroxylation is 1. The van der Waals surface area contributed by atoms with Gasteiger partial charge < -0.3 is 10.2 Å². The lowest BCUT2D eigenvalue weighted by atomic mass is 10.1. The summed E-state index contributed by atoms with van der Waals surface area (Å²) in [5.74, 6) is -0.321. The minimum Gasteiger partial charge on any atom is -0.347 e. The zero-order valence-electron chi connectivity index (χ0n) is 13.9. The normalized spacial score (nSPS) is 10.3. The van der Waals surface area contributed by atoms with Crippen LogP contribution in [0.4, 0.5) is 5.69 Å². The van der Waals surface area contributed by atoms with E-state index in [-0.39, 0.29) is 24.8 Å². The van der Waals surface area contributed by atoms with Crippen LogP contribution in [0.3, 0.4) is 0 Å². The molecule has 0 aromatic heterocycles. The number of carbonyl (C=O) groups is 2. The number of carbonyl (C=O) groups excluding carboxylic acids is 2. The fraction of sp³-hybridized carbons (Fsp3) is 0.263. The van der Waals surface area contributed by atoms with Gasteiger partial charge in [0.25, 0.3) is 0 Å². The number of amides is 2. The smallest absolute Gasteiger partial charge is 0.246 e. The van der Waals surface area contributed by atoms with Crippen LogP contribution in [0.1, 0.15) is 18.1 Å². The molecule has 0 saturated carbocycles. The van der Waals surface area contributed by atoms with Crippen LogP contribution >= 0.6 is 11.6 Å². The molecule has 0 saturated heterocycles. The average molecular weight is 345 g/mol. The second kappa shape index (κ2) is 8.50. The van der Waals surface area contributed by atoms with Gasteiger partial charge >= 0.3 is 0 Å². The number of anilines is 1. The Balaban J connectivity index is 1.91. The van der Waals surface area contributed by atoms with Crippen molar-refractivity contribution in [3.05, 3.63) is 64.7 Å². The summed E-state index contributed by atoms with van der Waals surface area (Å²) in [6.07, 6.45) is 0.223. The van der Waals surface area contributed by atoms with Crippen LogP contribution in [0.2, 0.25) is 5.02 Å². The van der Waals surface area contributed by atoms with Gasteiger partial charge in [0, 0.05) is 17.3 Å². The fourth-order valence-corrected chi connectivity index (χ4v) is 2.54. The maximum Gasteiger partial charge on any atom is 0.246 e. The molecule has 0 fully saturated rings. The van der Waals surface area contributed by atoms with Crippen molar-refractivity contribution >= 4 is 29.1 Å². The molecule has 2 rings (SSSR count). The second-order valence-corrected chi connectivity index (χ2v) is 5.99. The van der Waals surface area contributed by atoms with Crippen LogP contribution in [0.5, 0.6) is 0 Å². The summed E-state index contributed by atoms with van der Waals surface area (Å²) in [6.45, 7) is 4.43. The number of hydrogen-bond donors (Lipinski definition) is 1. The highest BCUT2D eigenvalue weighted by Crippen LogP contribution is 2.15. The summed E-state index contributed by atoms with van der Waals surface area (Å²) in [5.41, 5.74) is 2.79. The van der Waals surface area contributed by atoms with Crippen LogP contribution < -0.4 is 10.2 Å². The molecule has 2 aromatic rings. The predicted octanol–water partition coefficient (Wildman–Crippen LogP) is 3.36. The molecule has 5 heteroatoms. The minimum absolute atomic E-state index is 0.0196. The van der Waals surface area contributed by atoms with Gasteiger partial charge in [0.15, 0.2) is 0 Å². The third-order valence-electron chi connectivity index (χ3n) is 3.65. The van der Waals surface area contributed by atoms with Crippen molar-refractivity contribution in [3.63, 3.8) is 0 Å². The Morgan fingerprint density at radius 3 is 2.46 bits per heavy atom. The number of hydrogen-bond acceptors (Lipinski definition) is 2. The molecular weight excluding hydrogens is 324 g/mol. The molecule has 4 nitrogen and oxygen atoms in total. The SMILES string of the molecule is CCN(C(=O)CNC(=O)Cc1ccc(Cl)cc1)c1cccc(C)c1. The number of nitrogens with zero attached hydrogens (tertiary/aromatic N) is 1. The Bertz CT molecular complexity index is 714. The molecule has 2 aromatic carbocycles.